The summed E-state index contributed by atoms with van der Waals surface area (Å²) < 4.78 is 0.732. The molecule has 13 heavy (non-hydrogen) atoms. The molecule has 2 nitrogen and oxygen atoms in total. The van der Waals surface area contributed by atoms with Crippen LogP contribution in [0.2, 0.25) is 0 Å². The lowest BCUT2D eigenvalue weighted by atomic mass is 10.1. The second kappa shape index (κ2) is 2.85. The van der Waals surface area contributed by atoms with Crippen molar-refractivity contribution >= 4 is 28.8 Å². The summed E-state index contributed by atoms with van der Waals surface area (Å²) in [6.45, 7) is 2.00. The molecule has 0 spiro atoms. The fourth-order valence-corrected chi connectivity index (χ4v) is 1.55. The Labute approximate surface area is 81.4 Å². The third kappa shape index (κ3) is 1.31. The Kier molecular flexibility index (Phi) is 1.81. The lowest BCUT2D eigenvalue weighted by Crippen LogP contribution is -1.92. The van der Waals surface area contributed by atoms with Crippen LogP contribution in [0.15, 0.2) is 24.3 Å². The maximum atomic E-state index is 5.91. The summed E-state index contributed by atoms with van der Waals surface area (Å²) in [4.78, 5) is 3.09. The van der Waals surface area contributed by atoms with E-state index in [-0.39, 0.29) is 0 Å². The van der Waals surface area contributed by atoms with Gasteiger partial charge in [0.15, 0.2) is 0 Å². The molecule has 3 heteroatoms. The summed E-state index contributed by atoms with van der Waals surface area (Å²) >= 11 is 5.02. The van der Waals surface area contributed by atoms with E-state index >= 15 is 0 Å². The van der Waals surface area contributed by atoms with Gasteiger partial charge in [-0.15, -0.1) is 0 Å². The van der Waals surface area contributed by atoms with Gasteiger partial charge in [0.2, 0.25) is 0 Å². The standard InChI is InChI=1S/C10H10N2S/c1-6-2-4-8-7(10(6)11)3-5-9(13)12-8/h2-5H,11H2,1H3,(H,12,13). The van der Waals surface area contributed by atoms with Crippen molar-refractivity contribution in [3.05, 3.63) is 34.5 Å². The second-order valence-electron chi connectivity index (χ2n) is 3.08. The molecule has 0 aliphatic carbocycles. The molecule has 0 atom stereocenters. The van der Waals surface area contributed by atoms with Crippen LogP contribution in [-0.4, -0.2) is 4.98 Å². The van der Waals surface area contributed by atoms with Crippen LogP contribution in [0.1, 0.15) is 5.56 Å². The number of fused-ring (bicyclic) bond motifs is 1. The van der Waals surface area contributed by atoms with Crippen molar-refractivity contribution in [2.24, 2.45) is 0 Å². The van der Waals surface area contributed by atoms with Gasteiger partial charge >= 0.3 is 0 Å². The van der Waals surface area contributed by atoms with Crippen molar-refractivity contribution < 1.29 is 0 Å². The number of benzene rings is 1. The third-order valence-electron chi connectivity index (χ3n) is 2.16. The van der Waals surface area contributed by atoms with Crippen LogP contribution in [0.4, 0.5) is 5.69 Å². The quantitative estimate of drug-likeness (QED) is 0.495. The van der Waals surface area contributed by atoms with Gasteiger partial charge in [-0.3, -0.25) is 0 Å². The SMILES string of the molecule is Cc1ccc2[nH]c(=S)ccc2c1N. The first-order valence-corrected chi connectivity index (χ1v) is 4.47. The van der Waals surface area contributed by atoms with E-state index in [2.05, 4.69) is 4.98 Å². The Morgan fingerprint density at radius 3 is 2.77 bits per heavy atom. The Balaban J connectivity index is 2.95. The van der Waals surface area contributed by atoms with E-state index in [4.69, 9.17) is 18.0 Å². The number of aromatic amines is 1. The molecular formula is C10H10N2S. The zero-order chi connectivity index (χ0) is 9.42. The molecule has 3 N–H and O–H groups in total. The fourth-order valence-electron chi connectivity index (χ4n) is 1.37. The van der Waals surface area contributed by atoms with Crippen molar-refractivity contribution in [2.45, 2.75) is 6.92 Å². The molecule has 0 unspecified atom stereocenters. The lowest BCUT2D eigenvalue weighted by Gasteiger charge is -2.04. The van der Waals surface area contributed by atoms with Gasteiger partial charge in [0.1, 0.15) is 4.64 Å². The van der Waals surface area contributed by atoms with Crippen molar-refractivity contribution in [2.75, 3.05) is 5.73 Å². The number of nitrogen functional groups attached to an aromatic ring is 1. The second-order valence-corrected chi connectivity index (χ2v) is 3.52. The van der Waals surface area contributed by atoms with E-state index in [0.29, 0.717) is 0 Å². The summed E-state index contributed by atoms with van der Waals surface area (Å²) in [6.07, 6.45) is 0. The molecule has 0 amide bonds. The van der Waals surface area contributed by atoms with Gasteiger partial charge in [0.05, 0.1) is 0 Å². The Morgan fingerprint density at radius 1 is 1.23 bits per heavy atom. The van der Waals surface area contributed by atoms with Gasteiger partial charge in [-0.2, -0.15) is 0 Å². The predicted octanol–water partition coefficient (Wildman–Crippen LogP) is 2.79. The first kappa shape index (κ1) is 8.26. The molecule has 0 aliphatic rings. The normalized spacial score (nSPS) is 10.5. The van der Waals surface area contributed by atoms with Gasteiger partial charge in [-0.1, -0.05) is 18.3 Å². The molecule has 1 heterocycles. The van der Waals surface area contributed by atoms with Crippen LogP contribution in [-0.2, 0) is 0 Å². The Morgan fingerprint density at radius 2 is 2.00 bits per heavy atom. The van der Waals surface area contributed by atoms with Gasteiger partial charge in [0.25, 0.3) is 0 Å². The molecule has 0 fully saturated rings. The highest BCUT2D eigenvalue weighted by Gasteiger charge is 1.99. The molecule has 0 saturated carbocycles. The summed E-state index contributed by atoms with van der Waals surface area (Å²) in [7, 11) is 0. The molecule has 0 saturated heterocycles. The first-order valence-electron chi connectivity index (χ1n) is 4.06. The van der Waals surface area contributed by atoms with Crippen LogP contribution in [0, 0.1) is 11.6 Å². The number of hydrogen-bond donors (Lipinski definition) is 2. The minimum Gasteiger partial charge on any atom is -0.398 e. The van der Waals surface area contributed by atoms with Crippen molar-refractivity contribution in [3.63, 3.8) is 0 Å². The number of nitrogens with two attached hydrogens (primary N) is 1. The van der Waals surface area contributed by atoms with Gasteiger partial charge in [0, 0.05) is 16.6 Å². The fraction of sp³-hybridized carbons (Fsp3) is 0.100. The van der Waals surface area contributed by atoms with Crippen LogP contribution >= 0.6 is 12.2 Å². The van der Waals surface area contributed by atoms with Gasteiger partial charge < -0.3 is 10.7 Å². The van der Waals surface area contributed by atoms with Crippen molar-refractivity contribution in [3.8, 4) is 0 Å². The third-order valence-corrected chi connectivity index (χ3v) is 2.40. The van der Waals surface area contributed by atoms with Gasteiger partial charge in [-0.05, 0) is 30.7 Å². The highest BCUT2D eigenvalue weighted by atomic mass is 32.1. The highest BCUT2D eigenvalue weighted by Crippen LogP contribution is 2.22. The lowest BCUT2D eigenvalue weighted by molar-refractivity contribution is 1.37. The molecule has 2 rings (SSSR count). The number of hydrogen-bond acceptors (Lipinski definition) is 2. The Bertz CT molecular complexity index is 514. The molecule has 0 aliphatic heterocycles. The molecule has 0 radical (unpaired) electrons. The molecule has 1 aromatic carbocycles. The topological polar surface area (TPSA) is 41.8 Å². The van der Waals surface area contributed by atoms with Crippen LogP contribution < -0.4 is 5.73 Å². The minimum atomic E-state index is 0.732. The van der Waals surface area contributed by atoms with E-state index in [1.807, 2.05) is 31.2 Å². The minimum absolute atomic E-state index is 0.732. The number of aromatic nitrogens is 1. The van der Waals surface area contributed by atoms with Gasteiger partial charge in [-0.25, -0.2) is 0 Å². The number of anilines is 1. The molecule has 2 aromatic rings. The smallest absolute Gasteiger partial charge is 0.103 e. The van der Waals surface area contributed by atoms with Crippen LogP contribution in [0.5, 0.6) is 0 Å². The molecule has 0 bridgehead atoms. The largest absolute Gasteiger partial charge is 0.398 e. The van der Waals surface area contributed by atoms with Crippen molar-refractivity contribution in [1.29, 1.82) is 0 Å². The molecule has 66 valence electrons. The summed E-state index contributed by atoms with van der Waals surface area (Å²) in [5, 5.41) is 1.04. The van der Waals surface area contributed by atoms with E-state index in [1.54, 1.807) is 0 Å². The van der Waals surface area contributed by atoms with E-state index in [9.17, 15) is 0 Å². The summed E-state index contributed by atoms with van der Waals surface area (Å²) in [5.41, 5.74) is 8.83. The number of pyridine rings is 1. The predicted molar refractivity (Wildman–Crippen MR) is 58.3 cm³/mol. The first-order chi connectivity index (χ1) is 6.18. The highest BCUT2D eigenvalue weighted by molar-refractivity contribution is 7.71. The Hall–Kier alpha value is -1.35. The van der Waals surface area contributed by atoms with Crippen LogP contribution in [0.25, 0.3) is 10.9 Å². The van der Waals surface area contributed by atoms with E-state index in [0.717, 1.165) is 26.8 Å². The van der Waals surface area contributed by atoms with Crippen molar-refractivity contribution in [1.82, 2.24) is 4.98 Å². The molecule has 1 aromatic heterocycles. The zero-order valence-electron chi connectivity index (χ0n) is 7.29. The number of nitrogens with one attached hydrogen (secondary N) is 1. The monoisotopic (exact) mass is 190 g/mol. The average Bonchev–Trinajstić information content (AvgIpc) is 2.12. The number of rotatable bonds is 0. The maximum absolute atomic E-state index is 5.91. The van der Waals surface area contributed by atoms with Crippen LogP contribution in [0.3, 0.4) is 0 Å². The summed E-state index contributed by atoms with van der Waals surface area (Å²) in [6, 6.07) is 7.80. The molecular weight excluding hydrogens is 180 g/mol. The zero-order valence-corrected chi connectivity index (χ0v) is 8.11. The average molecular weight is 190 g/mol. The van der Waals surface area contributed by atoms with E-state index in [1.165, 1.54) is 0 Å². The van der Waals surface area contributed by atoms with E-state index < -0.39 is 0 Å². The number of aryl methyl sites for hydroxylation is 1. The maximum Gasteiger partial charge on any atom is 0.103 e. The summed E-state index contributed by atoms with van der Waals surface area (Å²) in [5.74, 6) is 0. The number of H-pyrrole nitrogens is 1.